The first-order chi connectivity index (χ1) is 10.1. The number of aliphatic hydroxyl groups is 1. The molecule has 0 heterocycles. The number of benzene rings is 2. The summed E-state index contributed by atoms with van der Waals surface area (Å²) in [5.41, 5.74) is 3.24. The molecule has 4 heteroatoms. The average molecular weight is 284 g/mol. The molecular weight excluding hydrogens is 264 g/mol. The Hall–Kier alpha value is -2.17. The van der Waals surface area contributed by atoms with E-state index < -0.39 is 0 Å². The third-order valence-corrected chi connectivity index (χ3v) is 3.08. The summed E-state index contributed by atoms with van der Waals surface area (Å²) in [6.07, 6.45) is 0. The van der Waals surface area contributed by atoms with Gasteiger partial charge in [0.25, 0.3) is 5.91 Å². The summed E-state index contributed by atoms with van der Waals surface area (Å²) < 4.78 is 0. The van der Waals surface area contributed by atoms with E-state index in [0.717, 1.165) is 12.1 Å². The minimum absolute atomic E-state index is 0.0387. The molecule has 0 aromatic heterocycles. The van der Waals surface area contributed by atoms with E-state index >= 15 is 0 Å². The molecule has 2 N–H and O–H groups in total. The van der Waals surface area contributed by atoms with Gasteiger partial charge in [0.2, 0.25) is 0 Å². The van der Waals surface area contributed by atoms with Crippen molar-refractivity contribution in [1.82, 2.24) is 4.90 Å². The van der Waals surface area contributed by atoms with Crippen LogP contribution in [0.3, 0.4) is 0 Å². The van der Waals surface area contributed by atoms with E-state index in [-0.39, 0.29) is 12.5 Å². The van der Waals surface area contributed by atoms with Gasteiger partial charge in [-0.05, 0) is 49.5 Å². The summed E-state index contributed by atoms with van der Waals surface area (Å²) in [5, 5.41) is 11.9. The van der Waals surface area contributed by atoms with Gasteiger partial charge in [0.15, 0.2) is 0 Å². The lowest BCUT2D eigenvalue weighted by molar-refractivity contribution is 0.102. The number of carbonyl (C=O) groups excluding carboxylic acids is 1. The lowest BCUT2D eigenvalue weighted by atomic mass is 10.1. The molecule has 0 aliphatic carbocycles. The molecule has 0 aliphatic rings. The van der Waals surface area contributed by atoms with Crippen LogP contribution in [-0.4, -0.2) is 30.0 Å². The van der Waals surface area contributed by atoms with E-state index in [0.29, 0.717) is 11.3 Å². The molecule has 4 nitrogen and oxygen atoms in total. The average Bonchev–Trinajstić information content (AvgIpc) is 2.47. The SMILES string of the molecule is CN(C)Cc1ccc(C(=O)Nc2cccc(CO)c2)cc1. The lowest BCUT2D eigenvalue weighted by Gasteiger charge is -2.10. The Balaban J connectivity index is 2.05. The highest BCUT2D eigenvalue weighted by molar-refractivity contribution is 6.04. The first-order valence-corrected chi connectivity index (χ1v) is 6.83. The molecule has 2 aromatic rings. The Bertz CT molecular complexity index is 606. The van der Waals surface area contributed by atoms with Gasteiger partial charge < -0.3 is 15.3 Å². The molecule has 2 rings (SSSR count). The van der Waals surface area contributed by atoms with Gasteiger partial charge in [-0.2, -0.15) is 0 Å². The van der Waals surface area contributed by atoms with Crippen LogP contribution >= 0.6 is 0 Å². The first kappa shape index (κ1) is 15.2. The number of hydrogen-bond donors (Lipinski definition) is 2. The van der Waals surface area contributed by atoms with Crippen LogP contribution in [0.5, 0.6) is 0 Å². The summed E-state index contributed by atoms with van der Waals surface area (Å²) in [4.78, 5) is 14.2. The van der Waals surface area contributed by atoms with Gasteiger partial charge in [0.05, 0.1) is 6.61 Å². The summed E-state index contributed by atoms with van der Waals surface area (Å²) in [6.45, 7) is 0.809. The van der Waals surface area contributed by atoms with Crippen LogP contribution in [0.15, 0.2) is 48.5 Å². The largest absolute Gasteiger partial charge is 0.392 e. The molecular formula is C17H20N2O2. The maximum atomic E-state index is 12.2. The zero-order chi connectivity index (χ0) is 15.2. The quantitative estimate of drug-likeness (QED) is 0.887. The van der Waals surface area contributed by atoms with Crippen LogP contribution in [0.1, 0.15) is 21.5 Å². The molecule has 0 saturated carbocycles. The fraction of sp³-hybridized carbons (Fsp3) is 0.235. The van der Waals surface area contributed by atoms with Crippen LogP contribution in [0.4, 0.5) is 5.69 Å². The van der Waals surface area contributed by atoms with Crippen molar-refractivity contribution < 1.29 is 9.90 Å². The fourth-order valence-corrected chi connectivity index (χ4v) is 2.08. The maximum Gasteiger partial charge on any atom is 0.255 e. The van der Waals surface area contributed by atoms with E-state index in [4.69, 9.17) is 5.11 Å². The first-order valence-electron chi connectivity index (χ1n) is 6.83. The molecule has 110 valence electrons. The van der Waals surface area contributed by atoms with Gasteiger partial charge in [-0.3, -0.25) is 4.79 Å². The Morgan fingerprint density at radius 2 is 1.81 bits per heavy atom. The normalized spacial score (nSPS) is 10.7. The zero-order valence-corrected chi connectivity index (χ0v) is 12.3. The maximum absolute atomic E-state index is 12.2. The molecule has 21 heavy (non-hydrogen) atoms. The Morgan fingerprint density at radius 1 is 1.10 bits per heavy atom. The topological polar surface area (TPSA) is 52.6 Å². The second-order valence-corrected chi connectivity index (χ2v) is 5.25. The van der Waals surface area contributed by atoms with E-state index in [9.17, 15) is 4.79 Å². The smallest absolute Gasteiger partial charge is 0.255 e. The number of amides is 1. The number of anilines is 1. The summed E-state index contributed by atoms with van der Waals surface area (Å²) in [5.74, 6) is -0.151. The van der Waals surface area contributed by atoms with E-state index in [1.807, 2.05) is 44.4 Å². The van der Waals surface area contributed by atoms with Crippen LogP contribution in [0.25, 0.3) is 0 Å². The third kappa shape index (κ3) is 4.41. The van der Waals surface area contributed by atoms with Crippen LogP contribution in [0.2, 0.25) is 0 Å². The van der Waals surface area contributed by atoms with E-state index in [1.54, 1.807) is 18.2 Å². The highest BCUT2D eigenvalue weighted by Crippen LogP contribution is 2.13. The standard InChI is InChI=1S/C17H20N2O2/c1-19(2)11-13-6-8-15(9-7-13)17(21)18-16-5-3-4-14(10-16)12-20/h3-10,20H,11-12H2,1-2H3,(H,18,21). The van der Waals surface area contributed by atoms with E-state index in [1.165, 1.54) is 5.56 Å². The minimum Gasteiger partial charge on any atom is -0.392 e. The van der Waals surface area contributed by atoms with Crippen molar-refractivity contribution >= 4 is 11.6 Å². The van der Waals surface area contributed by atoms with Crippen LogP contribution in [0, 0.1) is 0 Å². The molecule has 0 saturated heterocycles. The van der Waals surface area contributed by atoms with Gasteiger partial charge in [-0.25, -0.2) is 0 Å². The molecule has 0 radical (unpaired) electrons. The van der Waals surface area contributed by atoms with Crippen molar-refractivity contribution in [1.29, 1.82) is 0 Å². The van der Waals surface area contributed by atoms with Crippen molar-refractivity contribution in [2.45, 2.75) is 13.2 Å². The predicted octanol–water partition coefficient (Wildman–Crippen LogP) is 2.49. The fourth-order valence-electron chi connectivity index (χ4n) is 2.08. The van der Waals surface area contributed by atoms with Crippen molar-refractivity contribution in [2.75, 3.05) is 19.4 Å². The predicted molar refractivity (Wildman–Crippen MR) is 84.2 cm³/mol. The third-order valence-electron chi connectivity index (χ3n) is 3.08. The summed E-state index contributed by atoms with van der Waals surface area (Å²) >= 11 is 0. The Kier molecular flexibility index (Phi) is 5.09. The second kappa shape index (κ2) is 7.02. The van der Waals surface area contributed by atoms with E-state index in [2.05, 4.69) is 10.2 Å². The molecule has 2 aromatic carbocycles. The highest BCUT2D eigenvalue weighted by Gasteiger charge is 2.06. The molecule has 0 fully saturated rings. The monoisotopic (exact) mass is 284 g/mol. The second-order valence-electron chi connectivity index (χ2n) is 5.25. The molecule has 1 amide bonds. The van der Waals surface area contributed by atoms with Crippen molar-refractivity contribution in [2.24, 2.45) is 0 Å². The van der Waals surface area contributed by atoms with Crippen LogP contribution in [-0.2, 0) is 13.2 Å². The van der Waals surface area contributed by atoms with Crippen molar-refractivity contribution in [3.8, 4) is 0 Å². The molecule has 0 spiro atoms. The number of nitrogens with one attached hydrogen (secondary N) is 1. The number of hydrogen-bond acceptors (Lipinski definition) is 3. The Morgan fingerprint density at radius 3 is 2.43 bits per heavy atom. The number of rotatable bonds is 5. The van der Waals surface area contributed by atoms with Crippen LogP contribution < -0.4 is 5.32 Å². The summed E-state index contributed by atoms with van der Waals surface area (Å²) in [6, 6.07) is 14.7. The molecule has 0 bridgehead atoms. The summed E-state index contributed by atoms with van der Waals surface area (Å²) in [7, 11) is 4.02. The molecule has 0 aliphatic heterocycles. The molecule has 0 unspecified atom stereocenters. The Labute approximate surface area is 125 Å². The zero-order valence-electron chi connectivity index (χ0n) is 12.3. The van der Waals surface area contributed by atoms with Gasteiger partial charge in [0, 0.05) is 17.8 Å². The number of carbonyl (C=O) groups is 1. The number of aliphatic hydroxyl groups excluding tert-OH is 1. The van der Waals surface area contributed by atoms with Gasteiger partial charge in [0.1, 0.15) is 0 Å². The number of nitrogens with zero attached hydrogens (tertiary/aromatic N) is 1. The van der Waals surface area contributed by atoms with Gasteiger partial charge in [-0.1, -0.05) is 24.3 Å². The highest BCUT2D eigenvalue weighted by atomic mass is 16.3. The van der Waals surface area contributed by atoms with Crippen molar-refractivity contribution in [3.05, 3.63) is 65.2 Å². The molecule has 0 atom stereocenters. The van der Waals surface area contributed by atoms with Crippen molar-refractivity contribution in [3.63, 3.8) is 0 Å². The lowest BCUT2D eigenvalue weighted by Crippen LogP contribution is -2.13. The minimum atomic E-state index is -0.151. The van der Waals surface area contributed by atoms with Gasteiger partial charge in [-0.15, -0.1) is 0 Å². The van der Waals surface area contributed by atoms with Gasteiger partial charge >= 0.3 is 0 Å².